The van der Waals surface area contributed by atoms with Crippen LogP contribution in [0, 0.1) is 10.1 Å². The molecule has 8 nitrogen and oxygen atoms in total. The number of Topliss-reactive ketones (excluding diaryl/α,β-unsaturated/α-hetero) is 1. The number of carbonyl (C=O) groups excluding carboxylic acids is 1. The summed E-state index contributed by atoms with van der Waals surface area (Å²) in [6, 6.07) is 14.0. The quantitative estimate of drug-likeness (QED) is 0.442. The maximum absolute atomic E-state index is 13.0. The maximum atomic E-state index is 13.0. The lowest BCUT2D eigenvalue weighted by Crippen LogP contribution is -2.31. The number of benzene rings is 2. The molecule has 5 rings (SSSR count). The first-order valence-electron chi connectivity index (χ1n) is 11.1. The number of ketones is 1. The van der Waals surface area contributed by atoms with Crippen LogP contribution in [0.1, 0.15) is 57.2 Å². The van der Waals surface area contributed by atoms with E-state index in [4.69, 9.17) is 10.1 Å². The maximum Gasteiger partial charge on any atom is 0.269 e. The molecule has 3 aromatic rings. The Balaban J connectivity index is 1.62. The van der Waals surface area contributed by atoms with Gasteiger partial charge < -0.3 is 5.32 Å². The molecule has 1 aromatic heterocycles. The van der Waals surface area contributed by atoms with Crippen LogP contribution in [-0.2, 0) is 10.2 Å². The van der Waals surface area contributed by atoms with E-state index in [9.17, 15) is 14.9 Å². The summed E-state index contributed by atoms with van der Waals surface area (Å²) in [5.41, 5.74) is 4.20. The summed E-state index contributed by atoms with van der Waals surface area (Å²) in [5, 5.41) is 19.5. The minimum atomic E-state index is -0.556. The number of nitro benzene ring substituents is 1. The molecule has 2 aliphatic rings. The van der Waals surface area contributed by atoms with Crippen molar-refractivity contribution in [2.45, 2.75) is 51.5 Å². The van der Waals surface area contributed by atoms with Crippen molar-refractivity contribution in [3.05, 3.63) is 81.0 Å². The SMILES string of the molecule is CC(C)(C)c1ccc(-c2nc3n(n2)C(c2cccc([N+](=O)[O-])c2)C2=C(CCCC2=O)N3)cc1. The van der Waals surface area contributed by atoms with Gasteiger partial charge in [0.25, 0.3) is 5.69 Å². The average Bonchev–Trinajstić information content (AvgIpc) is 3.21. The van der Waals surface area contributed by atoms with Crippen molar-refractivity contribution >= 4 is 17.4 Å². The molecule has 0 saturated carbocycles. The van der Waals surface area contributed by atoms with Crippen LogP contribution in [0.5, 0.6) is 0 Å². The molecule has 0 fully saturated rings. The summed E-state index contributed by atoms with van der Waals surface area (Å²) < 4.78 is 1.69. The number of nitrogens with one attached hydrogen (secondary N) is 1. The van der Waals surface area contributed by atoms with Crippen LogP contribution in [0.2, 0.25) is 0 Å². The van der Waals surface area contributed by atoms with Gasteiger partial charge in [0, 0.05) is 35.4 Å². The lowest BCUT2D eigenvalue weighted by molar-refractivity contribution is -0.384. The number of rotatable bonds is 3. The summed E-state index contributed by atoms with van der Waals surface area (Å²) in [7, 11) is 0. The van der Waals surface area contributed by atoms with Gasteiger partial charge in [-0.1, -0.05) is 57.2 Å². The third-order valence-corrected chi connectivity index (χ3v) is 6.27. The van der Waals surface area contributed by atoms with Crippen molar-refractivity contribution < 1.29 is 9.72 Å². The molecule has 0 amide bonds. The monoisotopic (exact) mass is 443 g/mol. The fourth-order valence-electron chi connectivity index (χ4n) is 4.51. The summed E-state index contributed by atoms with van der Waals surface area (Å²) in [4.78, 5) is 28.7. The third kappa shape index (κ3) is 3.71. The van der Waals surface area contributed by atoms with Gasteiger partial charge in [-0.15, -0.1) is 5.10 Å². The molecule has 0 bridgehead atoms. The zero-order valence-corrected chi connectivity index (χ0v) is 18.8. The van der Waals surface area contributed by atoms with E-state index in [1.807, 2.05) is 12.1 Å². The average molecular weight is 444 g/mol. The molecule has 2 heterocycles. The van der Waals surface area contributed by atoms with E-state index < -0.39 is 11.0 Å². The number of non-ortho nitro benzene ring substituents is 1. The third-order valence-electron chi connectivity index (χ3n) is 6.27. The molecule has 1 atom stereocenters. The standard InChI is InChI=1S/C25H25N5O3/c1-25(2,3)17-12-10-15(11-13-17)23-27-24-26-19-8-5-9-20(31)21(19)22(29(24)28-23)16-6-4-7-18(14-16)30(32)33/h4,6-7,10-14,22H,5,8-9H2,1-3H3,(H,26,27,28). The molecular formula is C25H25N5O3. The summed E-state index contributed by atoms with van der Waals surface area (Å²) in [5.74, 6) is 1.12. The predicted octanol–water partition coefficient (Wildman–Crippen LogP) is 5.17. The lowest BCUT2D eigenvalue weighted by atomic mass is 9.85. The first-order valence-corrected chi connectivity index (χ1v) is 11.1. The molecule has 2 aromatic carbocycles. The van der Waals surface area contributed by atoms with Crippen LogP contribution in [-0.4, -0.2) is 25.5 Å². The second-order valence-electron chi connectivity index (χ2n) is 9.58. The molecule has 33 heavy (non-hydrogen) atoms. The van der Waals surface area contributed by atoms with Gasteiger partial charge in [-0.3, -0.25) is 14.9 Å². The van der Waals surface area contributed by atoms with Gasteiger partial charge in [-0.25, -0.2) is 4.68 Å². The predicted molar refractivity (Wildman–Crippen MR) is 125 cm³/mol. The van der Waals surface area contributed by atoms with Gasteiger partial charge in [-0.05, 0) is 29.4 Å². The van der Waals surface area contributed by atoms with E-state index in [1.165, 1.54) is 17.7 Å². The number of allylic oxidation sites excluding steroid dienone is 2. The highest BCUT2D eigenvalue weighted by Crippen LogP contribution is 2.41. The zero-order valence-electron chi connectivity index (χ0n) is 18.8. The molecule has 168 valence electrons. The first kappa shape index (κ1) is 21.1. The van der Waals surface area contributed by atoms with Crippen molar-refractivity contribution in [3.63, 3.8) is 0 Å². The zero-order chi connectivity index (χ0) is 23.3. The van der Waals surface area contributed by atoms with Crippen molar-refractivity contribution in [2.75, 3.05) is 5.32 Å². The van der Waals surface area contributed by atoms with E-state index in [0.717, 1.165) is 24.1 Å². The Morgan fingerprint density at radius 1 is 1.12 bits per heavy atom. The Morgan fingerprint density at radius 2 is 1.88 bits per heavy atom. The minimum absolute atomic E-state index is 0.0175. The number of hydrogen-bond acceptors (Lipinski definition) is 6. The summed E-state index contributed by atoms with van der Waals surface area (Å²) >= 11 is 0. The number of aromatic nitrogens is 3. The van der Waals surface area contributed by atoms with Crippen LogP contribution in [0.4, 0.5) is 11.6 Å². The highest BCUT2D eigenvalue weighted by molar-refractivity contribution is 5.99. The van der Waals surface area contributed by atoms with E-state index in [1.54, 1.807) is 16.8 Å². The van der Waals surface area contributed by atoms with Crippen LogP contribution in [0.25, 0.3) is 11.4 Å². The van der Waals surface area contributed by atoms with Crippen molar-refractivity contribution in [1.29, 1.82) is 0 Å². The highest BCUT2D eigenvalue weighted by atomic mass is 16.6. The molecule has 0 radical (unpaired) electrons. The molecular weight excluding hydrogens is 418 g/mol. The van der Waals surface area contributed by atoms with Crippen LogP contribution >= 0.6 is 0 Å². The topological polar surface area (TPSA) is 103 Å². The number of carbonyl (C=O) groups is 1. The Morgan fingerprint density at radius 3 is 2.58 bits per heavy atom. The van der Waals surface area contributed by atoms with Gasteiger partial charge in [-0.2, -0.15) is 4.98 Å². The molecule has 0 saturated heterocycles. The first-order chi connectivity index (χ1) is 15.7. The number of nitro groups is 1. The smallest absolute Gasteiger partial charge is 0.269 e. The number of anilines is 1. The van der Waals surface area contributed by atoms with E-state index >= 15 is 0 Å². The Labute approximate surface area is 191 Å². The largest absolute Gasteiger partial charge is 0.328 e. The number of fused-ring (bicyclic) bond motifs is 1. The summed E-state index contributed by atoms with van der Waals surface area (Å²) in [6.07, 6.45) is 1.95. The van der Waals surface area contributed by atoms with Crippen molar-refractivity contribution in [3.8, 4) is 11.4 Å². The van der Waals surface area contributed by atoms with Crippen LogP contribution in [0.15, 0.2) is 59.8 Å². The fraction of sp³-hybridized carbons (Fsp3) is 0.320. The van der Waals surface area contributed by atoms with Gasteiger partial charge >= 0.3 is 0 Å². The van der Waals surface area contributed by atoms with Crippen molar-refractivity contribution in [2.24, 2.45) is 0 Å². The van der Waals surface area contributed by atoms with E-state index in [0.29, 0.717) is 29.3 Å². The molecule has 1 unspecified atom stereocenters. The molecule has 1 N–H and O–H groups in total. The minimum Gasteiger partial charge on any atom is -0.328 e. The second-order valence-corrected chi connectivity index (χ2v) is 9.58. The van der Waals surface area contributed by atoms with E-state index in [2.05, 4.69) is 38.2 Å². The number of nitrogens with zero attached hydrogens (tertiary/aromatic N) is 4. The normalized spacial score (nSPS) is 17.9. The molecule has 8 heteroatoms. The van der Waals surface area contributed by atoms with Crippen LogP contribution < -0.4 is 5.32 Å². The van der Waals surface area contributed by atoms with Gasteiger partial charge in [0.1, 0.15) is 6.04 Å². The van der Waals surface area contributed by atoms with Crippen molar-refractivity contribution in [1.82, 2.24) is 14.8 Å². The van der Waals surface area contributed by atoms with Gasteiger partial charge in [0.2, 0.25) is 5.95 Å². The highest BCUT2D eigenvalue weighted by Gasteiger charge is 2.37. The Hall–Kier alpha value is -3.81. The van der Waals surface area contributed by atoms with E-state index in [-0.39, 0.29) is 16.9 Å². The Bertz CT molecular complexity index is 1300. The molecule has 1 aliphatic carbocycles. The van der Waals surface area contributed by atoms with Gasteiger partial charge in [0.15, 0.2) is 11.6 Å². The Kier molecular flexibility index (Phi) is 4.88. The second kappa shape index (κ2) is 7.65. The molecule has 1 aliphatic heterocycles. The molecule has 0 spiro atoms. The fourth-order valence-corrected chi connectivity index (χ4v) is 4.51. The lowest BCUT2D eigenvalue weighted by Gasteiger charge is -2.32. The summed E-state index contributed by atoms with van der Waals surface area (Å²) in [6.45, 7) is 6.49. The van der Waals surface area contributed by atoms with Crippen LogP contribution in [0.3, 0.4) is 0 Å². The number of hydrogen-bond donors (Lipinski definition) is 1. The van der Waals surface area contributed by atoms with Gasteiger partial charge in [0.05, 0.1) is 4.92 Å².